The monoisotopic (exact) mass is 342 g/mol. The van der Waals surface area contributed by atoms with Crippen LogP contribution in [0.3, 0.4) is 0 Å². The quantitative estimate of drug-likeness (QED) is 0.890. The highest BCUT2D eigenvalue weighted by molar-refractivity contribution is 9.10. The van der Waals surface area contributed by atoms with Gasteiger partial charge in [-0.15, -0.1) is 11.3 Å². The van der Waals surface area contributed by atoms with E-state index in [4.69, 9.17) is 0 Å². The molecule has 0 bridgehead atoms. The Labute approximate surface area is 123 Å². The third kappa shape index (κ3) is 3.13. The summed E-state index contributed by atoms with van der Waals surface area (Å²) in [6, 6.07) is 6.35. The molecule has 0 saturated heterocycles. The zero-order chi connectivity index (χ0) is 13.8. The van der Waals surface area contributed by atoms with Crippen LogP contribution in [-0.2, 0) is 6.54 Å². The minimum absolute atomic E-state index is 0.213. The van der Waals surface area contributed by atoms with Crippen LogP contribution in [-0.4, -0.2) is 13.0 Å². The van der Waals surface area contributed by atoms with Gasteiger partial charge >= 0.3 is 0 Å². The fourth-order valence-electron chi connectivity index (χ4n) is 1.67. The molecule has 1 aromatic carbocycles. The van der Waals surface area contributed by atoms with Crippen molar-refractivity contribution < 1.29 is 9.18 Å². The number of hydrogen-bond donors (Lipinski definition) is 2. The fourth-order valence-corrected chi connectivity index (χ4v) is 3.11. The lowest BCUT2D eigenvalue weighted by atomic mass is 10.1. The zero-order valence-electron chi connectivity index (χ0n) is 10.2. The number of anilines is 1. The number of benzene rings is 1. The third-order valence-electron chi connectivity index (χ3n) is 2.61. The van der Waals surface area contributed by atoms with Gasteiger partial charge in [-0.25, -0.2) is 4.39 Å². The molecule has 2 rings (SSSR count). The van der Waals surface area contributed by atoms with Crippen molar-refractivity contribution in [2.24, 2.45) is 0 Å². The Hall–Kier alpha value is -1.40. The summed E-state index contributed by atoms with van der Waals surface area (Å²) < 4.78 is 14.5. The van der Waals surface area contributed by atoms with Gasteiger partial charge in [0.2, 0.25) is 0 Å². The second-order valence-electron chi connectivity index (χ2n) is 3.79. The Kier molecular flexibility index (Phi) is 4.55. The minimum atomic E-state index is -0.438. The molecule has 6 heteroatoms. The Balaban J connectivity index is 2.12. The molecule has 3 nitrogen and oxygen atoms in total. The molecular weight excluding hydrogens is 331 g/mol. The van der Waals surface area contributed by atoms with E-state index in [1.165, 1.54) is 12.1 Å². The summed E-state index contributed by atoms with van der Waals surface area (Å²) in [6.45, 7) is 0.413. The van der Waals surface area contributed by atoms with E-state index in [0.717, 1.165) is 9.35 Å². The van der Waals surface area contributed by atoms with Crippen LogP contribution in [0.15, 0.2) is 34.1 Å². The van der Waals surface area contributed by atoms with E-state index in [2.05, 4.69) is 26.6 Å². The van der Waals surface area contributed by atoms with Crippen LogP contribution in [0.1, 0.15) is 15.2 Å². The number of nitrogens with one attached hydrogen (secondary N) is 2. The fraction of sp³-hybridized carbons (Fsp3) is 0.154. The molecule has 1 amide bonds. The Morgan fingerprint density at radius 1 is 1.42 bits per heavy atom. The molecule has 100 valence electrons. The van der Waals surface area contributed by atoms with Gasteiger partial charge < -0.3 is 10.6 Å². The number of amides is 1. The molecule has 1 heterocycles. The van der Waals surface area contributed by atoms with Crippen molar-refractivity contribution >= 4 is 38.9 Å². The van der Waals surface area contributed by atoms with Crippen LogP contribution >= 0.6 is 27.3 Å². The molecule has 2 aromatic rings. The predicted molar refractivity (Wildman–Crippen MR) is 79.1 cm³/mol. The second-order valence-corrected chi connectivity index (χ2v) is 5.64. The Morgan fingerprint density at radius 3 is 2.84 bits per heavy atom. The molecule has 0 radical (unpaired) electrons. The maximum absolute atomic E-state index is 13.5. The maximum Gasteiger partial charge on any atom is 0.253 e. The van der Waals surface area contributed by atoms with Crippen molar-refractivity contribution in [1.29, 1.82) is 0 Å². The smallest absolute Gasteiger partial charge is 0.253 e. The lowest BCUT2D eigenvalue weighted by Crippen LogP contribution is -2.23. The Morgan fingerprint density at radius 2 is 2.21 bits per heavy atom. The van der Waals surface area contributed by atoms with E-state index >= 15 is 0 Å². The average Bonchev–Trinajstić information content (AvgIpc) is 2.81. The first-order valence-corrected chi connectivity index (χ1v) is 7.27. The summed E-state index contributed by atoms with van der Waals surface area (Å²) in [5.41, 5.74) is 0.514. The topological polar surface area (TPSA) is 41.1 Å². The first-order valence-electron chi connectivity index (χ1n) is 5.60. The van der Waals surface area contributed by atoms with E-state index < -0.39 is 5.82 Å². The number of thiophene rings is 1. The molecule has 0 aliphatic rings. The third-order valence-corrected chi connectivity index (χ3v) is 4.54. The van der Waals surface area contributed by atoms with E-state index in [1.54, 1.807) is 24.5 Å². The number of carbonyl (C=O) groups is 1. The number of rotatable bonds is 4. The first kappa shape index (κ1) is 14.0. The van der Waals surface area contributed by atoms with Crippen LogP contribution < -0.4 is 10.6 Å². The lowest BCUT2D eigenvalue weighted by molar-refractivity contribution is 0.0951. The number of halogens is 2. The standard InChI is InChI=1S/C13H12BrFN2OS/c1-16-12-8(3-2-4-10(12)15)13(18)17-7-11-9(14)5-6-19-11/h2-6,16H,7H2,1H3,(H,17,18). The summed E-state index contributed by atoms with van der Waals surface area (Å²) in [6.07, 6.45) is 0. The van der Waals surface area contributed by atoms with Crippen LogP contribution in [0.25, 0.3) is 0 Å². The van der Waals surface area contributed by atoms with Crippen LogP contribution in [0, 0.1) is 5.82 Å². The molecule has 0 atom stereocenters. The van der Waals surface area contributed by atoms with Gasteiger partial charge in [0.1, 0.15) is 5.82 Å². The second kappa shape index (κ2) is 6.16. The average molecular weight is 343 g/mol. The number of para-hydroxylation sites is 1. The van der Waals surface area contributed by atoms with Crippen LogP contribution in [0.2, 0.25) is 0 Å². The molecule has 2 N–H and O–H groups in total. The molecule has 0 unspecified atom stereocenters. The van der Waals surface area contributed by atoms with Gasteiger partial charge in [-0.2, -0.15) is 0 Å². The summed E-state index contributed by atoms with van der Waals surface area (Å²) >= 11 is 4.95. The molecule has 0 spiro atoms. The van der Waals surface area contributed by atoms with Crippen molar-refractivity contribution in [2.75, 3.05) is 12.4 Å². The largest absolute Gasteiger partial charge is 0.385 e. The highest BCUT2D eigenvalue weighted by Crippen LogP contribution is 2.23. The highest BCUT2D eigenvalue weighted by atomic mass is 79.9. The van der Waals surface area contributed by atoms with Gasteiger partial charge in [-0.3, -0.25) is 4.79 Å². The summed E-state index contributed by atoms with van der Waals surface area (Å²) in [7, 11) is 1.59. The van der Waals surface area contributed by atoms with Crippen LogP contribution in [0.5, 0.6) is 0 Å². The number of hydrogen-bond acceptors (Lipinski definition) is 3. The summed E-state index contributed by atoms with van der Waals surface area (Å²) in [4.78, 5) is 13.1. The van der Waals surface area contributed by atoms with Crippen LogP contribution in [0.4, 0.5) is 10.1 Å². The normalized spacial score (nSPS) is 10.3. The predicted octanol–water partition coefficient (Wildman–Crippen LogP) is 3.62. The molecule has 19 heavy (non-hydrogen) atoms. The molecule has 0 aliphatic heterocycles. The first-order chi connectivity index (χ1) is 9.13. The van der Waals surface area contributed by atoms with Crippen molar-refractivity contribution in [3.8, 4) is 0 Å². The molecular formula is C13H12BrFN2OS. The van der Waals surface area contributed by atoms with Gasteiger partial charge in [0.25, 0.3) is 5.91 Å². The van der Waals surface area contributed by atoms with Gasteiger partial charge in [0, 0.05) is 16.4 Å². The summed E-state index contributed by atoms with van der Waals surface area (Å²) in [5, 5.41) is 7.42. The van der Waals surface area contributed by atoms with Gasteiger partial charge in [-0.05, 0) is 39.5 Å². The van der Waals surface area contributed by atoms with Crippen molar-refractivity contribution in [2.45, 2.75) is 6.54 Å². The van der Waals surface area contributed by atoms with Crippen molar-refractivity contribution in [1.82, 2.24) is 5.32 Å². The van der Waals surface area contributed by atoms with E-state index in [1.807, 2.05) is 11.4 Å². The van der Waals surface area contributed by atoms with Crippen molar-refractivity contribution in [3.05, 3.63) is 50.4 Å². The Bertz CT molecular complexity index is 600. The molecule has 1 aromatic heterocycles. The van der Waals surface area contributed by atoms with Gasteiger partial charge in [0.15, 0.2) is 0 Å². The van der Waals surface area contributed by atoms with E-state index in [-0.39, 0.29) is 11.6 Å². The molecule has 0 aliphatic carbocycles. The molecule has 0 saturated carbocycles. The van der Waals surface area contributed by atoms with Crippen molar-refractivity contribution in [3.63, 3.8) is 0 Å². The summed E-state index contributed by atoms with van der Waals surface area (Å²) in [5.74, 6) is -0.739. The minimum Gasteiger partial charge on any atom is -0.385 e. The van der Waals surface area contributed by atoms with E-state index in [9.17, 15) is 9.18 Å². The highest BCUT2D eigenvalue weighted by Gasteiger charge is 2.14. The van der Waals surface area contributed by atoms with Gasteiger partial charge in [0.05, 0.1) is 17.8 Å². The van der Waals surface area contributed by atoms with Gasteiger partial charge in [-0.1, -0.05) is 6.07 Å². The SMILES string of the molecule is CNc1c(F)cccc1C(=O)NCc1sccc1Br. The van der Waals surface area contributed by atoms with E-state index in [0.29, 0.717) is 12.1 Å². The molecule has 0 fully saturated rings. The maximum atomic E-state index is 13.5. The number of carbonyl (C=O) groups excluding carboxylic acids is 1. The lowest BCUT2D eigenvalue weighted by Gasteiger charge is -2.10. The zero-order valence-corrected chi connectivity index (χ0v) is 12.6.